The van der Waals surface area contributed by atoms with E-state index < -0.39 is 10.8 Å². The van der Waals surface area contributed by atoms with Gasteiger partial charge in [-0.1, -0.05) is 24.3 Å². The van der Waals surface area contributed by atoms with Crippen molar-refractivity contribution < 1.29 is 8.60 Å². The van der Waals surface area contributed by atoms with Gasteiger partial charge in [0.2, 0.25) is 0 Å². The maximum Gasteiger partial charge on any atom is 0.123 e. The third-order valence-electron chi connectivity index (χ3n) is 2.36. The molecule has 3 heteroatoms. The van der Waals surface area contributed by atoms with Crippen LogP contribution in [0.4, 0.5) is 4.39 Å². The van der Waals surface area contributed by atoms with Crippen molar-refractivity contribution >= 4 is 10.8 Å². The van der Waals surface area contributed by atoms with Gasteiger partial charge < -0.3 is 0 Å². The van der Waals surface area contributed by atoms with E-state index in [9.17, 15) is 8.60 Å². The zero-order chi connectivity index (χ0) is 11.5. The molecule has 0 saturated carbocycles. The van der Waals surface area contributed by atoms with Gasteiger partial charge in [0.1, 0.15) is 5.82 Å². The molecule has 0 heterocycles. The molecule has 0 aliphatic heterocycles. The van der Waals surface area contributed by atoms with E-state index in [1.54, 1.807) is 18.4 Å². The van der Waals surface area contributed by atoms with E-state index >= 15 is 0 Å². The van der Waals surface area contributed by atoms with E-state index in [-0.39, 0.29) is 5.82 Å². The minimum Gasteiger partial charge on any atom is -0.255 e. The largest absolute Gasteiger partial charge is 0.255 e. The van der Waals surface area contributed by atoms with E-state index in [1.165, 1.54) is 12.1 Å². The molecule has 0 N–H and O–H groups in total. The summed E-state index contributed by atoms with van der Waals surface area (Å²) in [6, 6.07) is 13.8. The van der Waals surface area contributed by atoms with Crippen molar-refractivity contribution in [3.63, 3.8) is 0 Å². The molecule has 2 rings (SSSR count). The molecule has 0 aromatic heterocycles. The topological polar surface area (TPSA) is 17.1 Å². The Balaban J connectivity index is 2.34. The average Bonchev–Trinajstić information content (AvgIpc) is 2.30. The van der Waals surface area contributed by atoms with E-state index in [4.69, 9.17) is 0 Å². The minimum atomic E-state index is -0.957. The normalized spacial score (nSPS) is 12.4. The highest BCUT2D eigenvalue weighted by Crippen LogP contribution is 2.20. The zero-order valence-corrected chi connectivity index (χ0v) is 9.63. The van der Waals surface area contributed by atoms with E-state index in [1.807, 2.05) is 24.3 Å². The fourth-order valence-electron chi connectivity index (χ4n) is 1.48. The van der Waals surface area contributed by atoms with Crippen LogP contribution in [0, 0.1) is 5.82 Å². The number of hydrogen-bond donors (Lipinski definition) is 0. The molecule has 16 heavy (non-hydrogen) atoms. The maximum absolute atomic E-state index is 12.7. The molecule has 1 nitrogen and oxygen atoms in total. The molecule has 2 aromatic carbocycles. The van der Waals surface area contributed by atoms with Gasteiger partial charge in [0.15, 0.2) is 0 Å². The molecule has 0 aliphatic rings. The molecule has 0 radical (unpaired) electrons. The Morgan fingerprint density at radius 1 is 0.875 bits per heavy atom. The van der Waals surface area contributed by atoms with Crippen molar-refractivity contribution in [1.82, 2.24) is 0 Å². The number of benzene rings is 2. The van der Waals surface area contributed by atoms with Gasteiger partial charge in [-0.05, 0) is 35.4 Å². The first-order valence-electron chi connectivity index (χ1n) is 4.86. The molecule has 1 atom stereocenters. The van der Waals surface area contributed by atoms with Crippen LogP contribution < -0.4 is 0 Å². The zero-order valence-electron chi connectivity index (χ0n) is 8.81. The first-order valence-corrected chi connectivity index (χ1v) is 6.42. The Morgan fingerprint density at radius 3 is 1.75 bits per heavy atom. The molecular weight excluding hydrogens is 223 g/mol. The smallest absolute Gasteiger partial charge is 0.123 e. The first kappa shape index (κ1) is 11.0. The standard InChI is InChI=1S/C13H11FOS/c1-16(15)13-8-4-11(5-9-13)10-2-6-12(14)7-3-10/h2-9H,1H3. The Bertz CT molecular complexity index is 502. The van der Waals surface area contributed by atoms with Crippen LogP contribution in [0.2, 0.25) is 0 Å². The van der Waals surface area contributed by atoms with Crippen molar-refractivity contribution in [2.45, 2.75) is 4.90 Å². The quantitative estimate of drug-likeness (QED) is 0.779. The summed E-state index contributed by atoms with van der Waals surface area (Å²) in [5, 5.41) is 0. The third-order valence-corrected chi connectivity index (χ3v) is 3.30. The van der Waals surface area contributed by atoms with E-state index in [0.29, 0.717) is 0 Å². The summed E-state index contributed by atoms with van der Waals surface area (Å²) in [5.41, 5.74) is 1.95. The minimum absolute atomic E-state index is 0.241. The highest BCUT2D eigenvalue weighted by molar-refractivity contribution is 7.84. The van der Waals surface area contributed by atoms with E-state index in [0.717, 1.165) is 16.0 Å². The molecule has 0 amide bonds. The molecule has 2 aromatic rings. The Labute approximate surface area is 96.4 Å². The van der Waals surface area contributed by atoms with Gasteiger partial charge in [-0.15, -0.1) is 0 Å². The summed E-state index contributed by atoms with van der Waals surface area (Å²) in [5.74, 6) is -0.241. The summed E-state index contributed by atoms with van der Waals surface area (Å²) >= 11 is 0. The predicted molar refractivity (Wildman–Crippen MR) is 64.2 cm³/mol. The molecule has 0 fully saturated rings. The molecule has 0 spiro atoms. The monoisotopic (exact) mass is 234 g/mol. The number of rotatable bonds is 2. The lowest BCUT2D eigenvalue weighted by Crippen LogP contribution is -1.86. The van der Waals surface area contributed by atoms with Gasteiger partial charge >= 0.3 is 0 Å². The first-order chi connectivity index (χ1) is 7.66. The van der Waals surface area contributed by atoms with Crippen LogP contribution in [-0.2, 0) is 10.8 Å². The molecule has 82 valence electrons. The number of halogens is 1. The van der Waals surface area contributed by atoms with Crippen molar-refractivity contribution in [2.75, 3.05) is 6.26 Å². The second kappa shape index (κ2) is 4.58. The van der Waals surface area contributed by atoms with Gasteiger partial charge in [0.25, 0.3) is 0 Å². The summed E-state index contributed by atoms with van der Waals surface area (Å²) < 4.78 is 23.9. The SMILES string of the molecule is CS(=O)c1ccc(-c2ccc(F)cc2)cc1. The lowest BCUT2D eigenvalue weighted by Gasteiger charge is -2.02. The summed E-state index contributed by atoms with van der Waals surface area (Å²) in [6.45, 7) is 0. The van der Waals surface area contributed by atoms with Gasteiger partial charge in [-0.2, -0.15) is 0 Å². The van der Waals surface area contributed by atoms with Crippen molar-refractivity contribution in [3.05, 3.63) is 54.3 Å². The van der Waals surface area contributed by atoms with Gasteiger partial charge in [0.05, 0.1) is 0 Å². The maximum atomic E-state index is 12.7. The second-order valence-corrected chi connectivity index (χ2v) is 4.87. The van der Waals surface area contributed by atoms with Crippen LogP contribution in [0.5, 0.6) is 0 Å². The van der Waals surface area contributed by atoms with Gasteiger partial charge in [-0.3, -0.25) is 4.21 Å². The lowest BCUT2D eigenvalue weighted by atomic mass is 10.1. The van der Waals surface area contributed by atoms with Gasteiger partial charge in [0, 0.05) is 22.0 Å². The second-order valence-electron chi connectivity index (χ2n) is 3.49. The Hall–Kier alpha value is -1.48. The summed E-state index contributed by atoms with van der Waals surface area (Å²) in [7, 11) is -0.957. The van der Waals surface area contributed by atoms with Crippen LogP contribution in [0.25, 0.3) is 11.1 Å². The molecule has 0 saturated heterocycles. The fourth-order valence-corrected chi connectivity index (χ4v) is 2.00. The molecule has 0 aliphatic carbocycles. The Morgan fingerprint density at radius 2 is 1.31 bits per heavy atom. The molecule has 1 unspecified atom stereocenters. The number of hydrogen-bond acceptors (Lipinski definition) is 1. The van der Waals surface area contributed by atoms with Crippen LogP contribution in [0.3, 0.4) is 0 Å². The van der Waals surface area contributed by atoms with E-state index in [2.05, 4.69) is 0 Å². The summed E-state index contributed by atoms with van der Waals surface area (Å²) in [6.07, 6.45) is 1.65. The van der Waals surface area contributed by atoms with Crippen molar-refractivity contribution in [2.24, 2.45) is 0 Å². The lowest BCUT2D eigenvalue weighted by molar-refractivity contribution is 0.628. The highest BCUT2D eigenvalue weighted by Gasteiger charge is 2.00. The van der Waals surface area contributed by atoms with Crippen LogP contribution in [-0.4, -0.2) is 10.5 Å². The molecule has 0 bridgehead atoms. The van der Waals surface area contributed by atoms with Crippen molar-refractivity contribution in [3.8, 4) is 11.1 Å². The fraction of sp³-hybridized carbons (Fsp3) is 0.0769. The van der Waals surface area contributed by atoms with Crippen LogP contribution >= 0.6 is 0 Å². The average molecular weight is 234 g/mol. The highest BCUT2D eigenvalue weighted by atomic mass is 32.2. The van der Waals surface area contributed by atoms with Crippen LogP contribution in [0.15, 0.2) is 53.4 Å². The third kappa shape index (κ3) is 2.36. The predicted octanol–water partition coefficient (Wildman–Crippen LogP) is 3.23. The van der Waals surface area contributed by atoms with Gasteiger partial charge in [-0.25, -0.2) is 4.39 Å². The summed E-state index contributed by atoms with van der Waals surface area (Å²) in [4.78, 5) is 0.797. The van der Waals surface area contributed by atoms with Crippen molar-refractivity contribution in [1.29, 1.82) is 0 Å². The Kier molecular flexibility index (Phi) is 3.15. The van der Waals surface area contributed by atoms with Crippen LogP contribution in [0.1, 0.15) is 0 Å². The molecular formula is C13H11FOS.